The highest BCUT2D eigenvalue weighted by atomic mass is 35.5. The Morgan fingerprint density at radius 2 is 2.25 bits per heavy atom. The molecule has 5 nitrogen and oxygen atoms in total. The molecule has 0 bridgehead atoms. The third kappa shape index (κ3) is 3.81. The Bertz CT molecular complexity index is 415. The zero-order chi connectivity index (χ0) is 11.8. The highest BCUT2D eigenvalue weighted by molar-refractivity contribution is 6.33. The van der Waals surface area contributed by atoms with Crippen molar-refractivity contribution >= 4 is 17.5 Å². The van der Waals surface area contributed by atoms with Crippen molar-refractivity contribution in [3.05, 3.63) is 45.3 Å². The van der Waals surface area contributed by atoms with Gasteiger partial charge in [-0.2, -0.15) is 0 Å². The van der Waals surface area contributed by atoms with E-state index in [1.165, 1.54) is 0 Å². The van der Waals surface area contributed by atoms with Gasteiger partial charge in [-0.3, -0.25) is 4.79 Å². The summed E-state index contributed by atoms with van der Waals surface area (Å²) in [6.07, 6.45) is 0.611. The van der Waals surface area contributed by atoms with E-state index in [2.05, 4.69) is 15.3 Å². The molecule has 0 radical (unpaired) electrons. The minimum Gasteiger partial charge on any atom is -0.352 e. The standard InChI is InChI=1S/C10H11ClN4O/c11-9-5-2-1-4-8(9)10(16)13-6-3-7-14-15-12/h1-2,4-5H,3,6-7H2,(H,13,16). The molecule has 0 unspecified atom stereocenters. The third-order valence-corrected chi connectivity index (χ3v) is 2.23. The van der Waals surface area contributed by atoms with E-state index in [1.807, 2.05) is 0 Å². The highest BCUT2D eigenvalue weighted by Gasteiger charge is 2.07. The van der Waals surface area contributed by atoms with Crippen molar-refractivity contribution < 1.29 is 4.79 Å². The third-order valence-electron chi connectivity index (χ3n) is 1.90. The Kier molecular flexibility index (Phi) is 5.19. The normalized spacial score (nSPS) is 9.31. The number of halogens is 1. The number of nitrogens with zero attached hydrogens (tertiary/aromatic N) is 3. The predicted molar refractivity (Wildman–Crippen MR) is 62.4 cm³/mol. The number of amides is 1. The Hall–Kier alpha value is -1.71. The molecule has 0 saturated carbocycles. The molecule has 1 aromatic rings. The van der Waals surface area contributed by atoms with E-state index in [9.17, 15) is 4.79 Å². The molecule has 6 heteroatoms. The van der Waals surface area contributed by atoms with Gasteiger partial charge in [0, 0.05) is 18.0 Å². The Labute approximate surface area is 98.0 Å². The SMILES string of the molecule is [N-]=[N+]=NCCCNC(=O)c1ccccc1Cl. The van der Waals surface area contributed by atoms with Gasteiger partial charge in [-0.15, -0.1) is 0 Å². The van der Waals surface area contributed by atoms with Crippen LogP contribution in [0.25, 0.3) is 10.4 Å². The summed E-state index contributed by atoms with van der Waals surface area (Å²) >= 11 is 5.85. The first-order chi connectivity index (χ1) is 7.75. The van der Waals surface area contributed by atoms with Crippen molar-refractivity contribution in [2.24, 2.45) is 5.11 Å². The van der Waals surface area contributed by atoms with Crippen LogP contribution in [0.4, 0.5) is 0 Å². The van der Waals surface area contributed by atoms with E-state index in [4.69, 9.17) is 17.1 Å². The molecule has 0 aliphatic rings. The van der Waals surface area contributed by atoms with Gasteiger partial charge in [0.15, 0.2) is 0 Å². The molecule has 16 heavy (non-hydrogen) atoms. The molecular formula is C10H11ClN4O. The first-order valence-electron chi connectivity index (χ1n) is 4.79. The number of hydrogen-bond donors (Lipinski definition) is 1. The van der Waals surface area contributed by atoms with Crippen molar-refractivity contribution in [3.8, 4) is 0 Å². The van der Waals surface area contributed by atoms with Crippen LogP contribution in [0.1, 0.15) is 16.8 Å². The van der Waals surface area contributed by atoms with E-state index >= 15 is 0 Å². The fourth-order valence-corrected chi connectivity index (χ4v) is 1.36. The Morgan fingerprint density at radius 3 is 2.94 bits per heavy atom. The average Bonchev–Trinajstić information content (AvgIpc) is 2.29. The topological polar surface area (TPSA) is 77.9 Å². The van der Waals surface area contributed by atoms with Crippen LogP contribution in [0.15, 0.2) is 29.4 Å². The smallest absolute Gasteiger partial charge is 0.252 e. The minimum atomic E-state index is -0.216. The average molecular weight is 239 g/mol. The molecule has 1 aromatic carbocycles. The molecule has 1 N–H and O–H groups in total. The molecular weight excluding hydrogens is 228 g/mol. The number of carbonyl (C=O) groups excluding carboxylic acids is 1. The highest BCUT2D eigenvalue weighted by Crippen LogP contribution is 2.14. The maximum absolute atomic E-state index is 11.6. The fraction of sp³-hybridized carbons (Fsp3) is 0.300. The number of nitrogens with one attached hydrogen (secondary N) is 1. The molecule has 0 aliphatic heterocycles. The lowest BCUT2D eigenvalue weighted by Crippen LogP contribution is -2.25. The molecule has 1 rings (SSSR count). The molecule has 0 fully saturated rings. The van der Waals surface area contributed by atoms with Gasteiger partial charge >= 0.3 is 0 Å². The summed E-state index contributed by atoms with van der Waals surface area (Å²) in [5.41, 5.74) is 8.49. The maximum Gasteiger partial charge on any atom is 0.252 e. The zero-order valence-electron chi connectivity index (χ0n) is 8.56. The van der Waals surface area contributed by atoms with E-state index in [1.54, 1.807) is 24.3 Å². The van der Waals surface area contributed by atoms with Crippen molar-refractivity contribution in [2.45, 2.75) is 6.42 Å². The Morgan fingerprint density at radius 1 is 1.50 bits per heavy atom. The van der Waals surface area contributed by atoms with Crippen molar-refractivity contribution in [1.29, 1.82) is 0 Å². The van der Waals surface area contributed by atoms with Crippen LogP contribution in [-0.2, 0) is 0 Å². The van der Waals surface area contributed by atoms with Crippen molar-refractivity contribution in [1.82, 2.24) is 5.32 Å². The summed E-state index contributed by atoms with van der Waals surface area (Å²) in [5.74, 6) is -0.216. The molecule has 0 heterocycles. The minimum absolute atomic E-state index is 0.216. The summed E-state index contributed by atoms with van der Waals surface area (Å²) in [4.78, 5) is 14.2. The summed E-state index contributed by atoms with van der Waals surface area (Å²) in [6.45, 7) is 0.836. The first kappa shape index (κ1) is 12.4. The van der Waals surface area contributed by atoms with E-state index in [0.29, 0.717) is 30.1 Å². The lowest BCUT2D eigenvalue weighted by molar-refractivity contribution is 0.0953. The quantitative estimate of drug-likeness (QED) is 0.364. The summed E-state index contributed by atoms with van der Waals surface area (Å²) in [7, 11) is 0. The van der Waals surface area contributed by atoms with Gasteiger partial charge in [-0.05, 0) is 24.1 Å². The van der Waals surface area contributed by atoms with Crippen LogP contribution < -0.4 is 5.32 Å². The van der Waals surface area contributed by atoms with Crippen LogP contribution in [0, 0.1) is 0 Å². The summed E-state index contributed by atoms with van der Waals surface area (Å²) in [6, 6.07) is 6.84. The van der Waals surface area contributed by atoms with E-state index in [0.717, 1.165) is 0 Å². The number of benzene rings is 1. The molecule has 0 aliphatic carbocycles. The fourth-order valence-electron chi connectivity index (χ4n) is 1.14. The molecule has 0 saturated heterocycles. The van der Waals surface area contributed by atoms with E-state index in [-0.39, 0.29) is 5.91 Å². The van der Waals surface area contributed by atoms with Crippen LogP contribution in [-0.4, -0.2) is 19.0 Å². The summed E-state index contributed by atoms with van der Waals surface area (Å²) < 4.78 is 0. The number of carbonyl (C=O) groups is 1. The molecule has 84 valence electrons. The van der Waals surface area contributed by atoms with Gasteiger partial charge in [0.25, 0.3) is 5.91 Å². The Balaban J connectivity index is 2.41. The molecule has 0 spiro atoms. The van der Waals surface area contributed by atoms with Gasteiger partial charge < -0.3 is 5.32 Å². The first-order valence-corrected chi connectivity index (χ1v) is 5.17. The van der Waals surface area contributed by atoms with Crippen molar-refractivity contribution in [3.63, 3.8) is 0 Å². The van der Waals surface area contributed by atoms with E-state index < -0.39 is 0 Å². The van der Waals surface area contributed by atoms with Gasteiger partial charge in [0.05, 0.1) is 10.6 Å². The largest absolute Gasteiger partial charge is 0.352 e. The monoisotopic (exact) mass is 238 g/mol. The van der Waals surface area contributed by atoms with Gasteiger partial charge in [0.1, 0.15) is 0 Å². The maximum atomic E-state index is 11.6. The number of hydrogen-bond acceptors (Lipinski definition) is 2. The van der Waals surface area contributed by atoms with Gasteiger partial charge in [0.2, 0.25) is 0 Å². The number of azide groups is 1. The van der Waals surface area contributed by atoms with Crippen molar-refractivity contribution in [2.75, 3.05) is 13.1 Å². The number of rotatable bonds is 5. The molecule has 0 atom stereocenters. The lowest BCUT2D eigenvalue weighted by atomic mass is 10.2. The lowest BCUT2D eigenvalue weighted by Gasteiger charge is -2.05. The van der Waals surface area contributed by atoms with Crippen LogP contribution in [0.2, 0.25) is 5.02 Å². The van der Waals surface area contributed by atoms with Crippen LogP contribution in [0.3, 0.4) is 0 Å². The van der Waals surface area contributed by atoms with Crippen LogP contribution in [0.5, 0.6) is 0 Å². The zero-order valence-corrected chi connectivity index (χ0v) is 9.31. The second-order valence-corrected chi connectivity index (χ2v) is 3.45. The van der Waals surface area contributed by atoms with Crippen LogP contribution >= 0.6 is 11.6 Å². The second-order valence-electron chi connectivity index (χ2n) is 3.04. The van der Waals surface area contributed by atoms with Gasteiger partial charge in [-0.25, -0.2) is 0 Å². The molecule has 0 aromatic heterocycles. The second kappa shape index (κ2) is 6.71. The summed E-state index contributed by atoms with van der Waals surface area (Å²) in [5, 5.41) is 6.48. The molecule has 1 amide bonds. The van der Waals surface area contributed by atoms with Gasteiger partial charge in [-0.1, -0.05) is 28.8 Å². The predicted octanol–water partition coefficient (Wildman–Crippen LogP) is 2.77.